The van der Waals surface area contributed by atoms with Gasteiger partial charge < -0.3 is 25.0 Å². The molecule has 1 saturated heterocycles. The van der Waals surface area contributed by atoms with Gasteiger partial charge in [-0.15, -0.1) is 0 Å². The Kier molecular flexibility index (Phi) is 6.86. The number of urea groups is 1. The highest BCUT2D eigenvalue weighted by Crippen LogP contribution is 2.49. The van der Waals surface area contributed by atoms with Crippen LogP contribution in [0, 0.1) is 10.1 Å². The molecule has 2 aromatic carbocycles. The van der Waals surface area contributed by atoms with Crippen molar-refractivity contribution < 1.29 is 19.2 Å². The van der Waals surface area contributed by atoms with Crippen LogP contribution in [0.15, 0.2) is 36.4 Å². The molecule has 3 atom stereocenters. The summed E-state index contributed by atoms with van der Waals surface area (Å²) < 4.78 is 11.0. The molecule has 1 aliphatic carbocycles. The molecular weight excluding hydrogens is 460 g/mol. The largest absolute Gasteiger partial charge is 0.493 e. The van der Waals surface area contributed by atoms with Crippen molar-refractivity contribution in [3.63, 3.8) is 0 Å². The number of amides is 2. The van der Waals surface area contributed by atoms with Crippen molar-refractivity contribution in [2.75, 3.05) is 33.1 Å². The number of carbonyl (C=O) groups is 1. The van der Waals surface area contributed by atoms with Gasteiger partial charge in [0.05, 0.1) is 19.1 Å². The number of nitro benzene ring substituents is 1. The zero-order valence-corrected chi connectivity index (χ0v) is 20.2. The first-order chi connectivity index (χ1) is 16.3. The lowest BCUT2D eigenvalue weighted by Crippen LogP contribution is -2.52. The number of nitro groups is 1. The Morgan fingerprint density at radius 2 is 1.94 bits per heavy atom. The van der Waals surface area contributed by atoms with Gasteiger partial charge >= 0.3 is 6.03 Å². The molecule has 2 aliphatic rings. The zero-order chi connectivity index (χ0) is 24.5. The molecule has 0 bridgehead atoms. The minimum atomic E-state index is -0.562. The summed E-state index contributed by atoms with van der Waals surface area (Å²) in [6.07, 6.45) is 3.51. The molecule has 1 heterocycles. The number of nitrogens with one attached hydrogen (secondary N) is 2. The number of methoxy groups -OCH3 is 2. The van der Waals surface area contributed by atoms with Gasteiger partial charge in [-0.1, -0.05) is 17.7 Å². The van der Waals surface area contributed by atoms with E-state index in [1.54, 1.807) is 14.2 Å². The van der Waals surface area contributed by atoms with E-state index in [9.17, 15) is 14.9 Å². The molecule has 0 radical (unpaired) electrons. The van der Waals surface area contributed by atoms with Crippen LogP contribution in [0.25, 0.3) is 0 Å². The lowest BCUT2D eigenvalue weighted by Gasteiger charge is -2.45. The number of likely N-dealkylation sites (N-methyl/N-ethyl adjacent to an activating group) is 1. The summed E-state index contributed by atoms with van der Waals surface area (Å²) in [6, 6.07) is 10.1. The van der Waals surface area contributed by atoms with Gasteiger partial charge in [-0.3, -0.25) is 10.1 Å². The molecule has 182 valence electrons. The van der Waals surface area contributed by atoms with Crippen LogP contribution in [0.1, 0.15) is 31.2 Å². The molecule has 4 rings (SSSR count). The molecule has 34 heavy (non-hydrogen) atoms. The van der Waals surface area contributed by atoms with Gasteiger partial charge in [0.25, 0.3) is 5.69 Å². The number of benzene rings is 2. The molecule has 9 nitrogen and oxygen atoms in total. The third kappa shape index (κ3) is 4.50. The van der Waals surface area contributed by atoms with E-state index in [4.69, 9.17) is 21.1 Å². The fraction of sp³-hybridized carbons (Fsp3) is 0.458. The topological polar surface area (TPSA) is 106 Å². The van der Waals surface area contributed by atoms with E-state index in [-0.39, 0.29) is 33.9 Å². The van der Waals surface area contributed by atoms with Gasteiger partial charge in [0.2, 0.25) is 0 Å². The Labute approximate surface area is 203 Å². The maximum Gasteiger partial charge on any atom is 0.319 e. The molecule has 1 aliphatic heterocycles. The Morgan fingerprint density at radius 3 is 2.65 bits per heavy atom. The van der Waals surface area contributed by atoms with Crippen LogP contribution < -0.4 is 20.1 Å². The highest BCUT2D eigenvalue weighted by atomic mass is 35.5. The molecular formula is C24H29ClN4O5. The number of ether oxygens (including phenoxy) is 2. The molecule has 1 saturated carbocycles. The number of hydrogen-bond acceptors (Lipinski definition) is 6. The SMILES string of the molecule is COc1ccc([C@@]23CC[C@H](NC(=O)Nc4ccc(Cl)cc4[N+](=O)[O-])C[C@H]2N(C)CC3)cc1OC. The Balaban J connectivity index is 1.49. The monoisotopic (exact) mass is 488 g/mol. The van der Waals surface area contributed by atoms with Gasteiger partial charge in [-0.05, 0) is 69.1 Å². The lowest BCUT2D eigenvalue weighted by atomic mass is 9.65. The standard InChI is InChI=1S/C24H29ClN4O5/c1-28-11-10-24(15-4-7-20(33-2)21(12-15)34-3)9-8-17(14-22(24)28)26-23(30)27-18-6-5-16(25)13-19(18)29(31)32/h4-7,12-13,17,22H,8-11,14H2,1-3H3,(H2,26,27,30)/t17-,22+,24-/m0/s1. The van der Waals surface area contributed by atoms with Crippen molar-refractivity contribution >= 4 is 29.0 Å². The summed E-state index contributed by atoms with van der Waals surface area (Å²) >= 11 is 5.87. The quantitative estimate of drug-likeness (QED) is 0.455. The molecule has 0 unspecified atom stereocenters. The van der Waals surface area contributed by atoms with E-state index < -0.39 is 11.0 Å². The Bertz CT molecular complexity index is 1100. The first-order valence-corrected chi connectivity index (χ1v) is 11.6. The fourth-order valence-electron chi connectivity index (χ4n) is 5.50. The van der Waals surface area contributed by atoms with E-state index in [1.807, 2.05) is 6.07 Å². The summed E-state index contributed by atoms with van der Waals surface area (Å²) in [4.78, 5) is 25.8. The number of nitrogens with zero attached hydrogens (tertiary/aromatic N) is 2. The Hall–Kier alpha value is -3.04. The van der Waals surface area contributed by atoms with Crippen molar-refractivity contribution in [1.82, 2.24) is 10.2 Å². The van der Waals surface area contributed by atoms with Crippen LogP contribution in [-0.2, 0) is 5.41 Å². The molecule has 0 aromatic heterocycles. The first kappa shape index (κ1) is 24.1. The van der Waals surface area contributed by atoms with E-state index >= 15 is 0 Å². The van der Waals surface area contributed by atoms with Crippen LogP contribution in [0.3, 0.4) is 0 Å². The van der Waals surface area contributed by atoms with Crippen LogP contribution in [0.4, 0.5) is 16.2 Å². The molecule has 0 spiro atoms. The molecule has 2 fully saturated rings. The van der Waals surface area contributed by atoms with Crippen molar-refractivity contribution in [1.29, 1.82) is 0 Å². The van der Waals surface area contributed by atoms with Gasteiger partial charge in [0.15, 0.2) is 11.5 Å². The fourth-order valence-corrected chi connectivity index (χ4v) is 5.67. The normalized spacial score (nSPS) is 24.2. The maximum absolute atomic E-state index is 12.7. The summed E-state index contributed by atoms with van der Waals surface area (Å²) in [7, 11) is 5.39. The average Bonchev–Trinajstić information content (AvgIpc) is 3.16. The number of carbonyl (C=O) groups excluding carboxylic acids is 1. The summed E-state index contributed by atoms with van der Waals surface area (Å²) in [6.45, 7) is 0.967. The zero-order valence-electron chi connectivity index (χ0n) is 19.5. The van der Waals surface area contributed by atoms with Gasteiger partial charge in [-0.25, -0.2) is 4.79 Å². The second-order valence-electron chi connectivity index (χ2n) is 8.96. The third-order valence-electron chi connectivity index (χ3n) is 7.23. The number of fused-ring (bicyclic) bond motifs is 1. The van der Waals surface area contributed by atoms with E-state index in [2.05, 4.69) is 34.7 Å². The van der Waals surface area contributed by atoms with Crippen LogP contribution in [-0.4, -0.2) is 55.8 Å². The lowest BCUT2D eigenvalue weighted by molar-refractivity contribution is -0.383. The highest BCUT2D eigenvalue weighted by molar-refractivity contribution is 6.31. The van der Waals surface area contributed by atoms with Crippen LogP contribution in [0.5, 0.6) is 11.5 Å². The summed E-state index contributed by atoms with van der Waals surface area (Å²) in [5.74, 6) is 1.42. The number of anilines is 1. The second kappa shape index (κ2) is 9.68. The smallest absolute Gasteiger partial charge is 0.319 e. The van der Waals surface area contributed by atoms with Crippen LogP contribution in [0.2, 0.25) is 5.02 Å². The second-order valence-corrected chi connectivity index (χ2v) is 9.40. The van der Waals surface area contributed by atoms with E-state index in [0.717, 1.165) is 32.2 Å². The number of rotatable bonds is 6. The number of likely N-dealkylation sites (tertiary alicyclic amines) is 1. The minimum Gasteiger partial charge on any atom is -0.493 e. The summed E-state index contributed by atoms with van der Waals surface area (Å²) in [5, 5.41) is 17.2. The van der Waals surface area contributed by atoms with Crippen molar-refractivity contribution in [3.8, 4) is 11.5 Å². The molecule has 10 heteroatoms. The maximum atomic E-state index is 12.7. The first-order valence-electron chi connectivity index (χ1n) is 11.2. The van der Waals surface area contributed by atoms with Crippen molar-refractivity contribution in [2.24, 2.45) is 0 Å². The van der Waals surface area contributed by atoms with Crippen molar-refractivity contribution in [3.05, 3.63) is 57.1 Å². The Morgan fingerprint density at radius 1 is 1.18 bits per heavy atom. The van der Waals surface area contributed by atoms with E-state index in [0.29, 0.717) is 11.5 Å². The van der Waals surface area contributed by atoms with Gasteiger partial charge in [0.1, 0.15) is 5.69 Å². The number of halogens is 1. The predicted octanol–water partition coefficient (Wildman–Crippen LogP) is 4.58. The van der Waals surface area contributed by atoms with Gasteiger partial charge in [0, 0.05) is 28.6 Å². The number of hydrogen-bond donors (Lipinski definition) is 2. The molecule has 2 N–H and O–H groups in total. The van der Waals surface area contributed by atoms with Gasteiger partial charge in [-0.2, -0.15) is 0 Å². The minimum absolute atomic E-state index is 0.0298. The predicted molar refractivity (Wildman–Crippen MR) is 130 cm³/mol. The van der Waals surface area contributed by atoms with Crippen molar-refractivity contribution in [2.45, 2.75) is 43.2 Å². The highest BCUT2D eigenvalue weighted by Gasteiger charge is 2.50. The third-order valence-corrected chi connectivity index (χ3v) is 7.46. The van der Waals surface area contributed by atoms with Crippen LogP contribution >= 0.6 is 11.6 Å². The molecule has 2 aromatic rings. The van der Waals surface area contributed by atoms with E-state index in [1.165, 1.54) is 23.8 Å². The molecule has 2 amide bonds. The summed E-state index contributed by atoms with van der Waals surface area (Å²) in [5.41, 5.74) is 1.06. The average molecular weight is 489 g/mol.